The van der Waals surface area contributed by atoms with Crippen molar-refractivity contribution < 1.29 is 0 Å². The van der Waals surface area contributed by atoms with Gasteiger partial charge in [0.15, 0.2) is 0 Å². The van der Waals surface area contributed by atoms with Crippen LogP contribution in [0.1, 0.15) is 22.3 Å². The van der Waals surface area contributed by atoms with E-state index in [0.717, 1.165) is 55.8 Å². The molecule has 2 aromatic heterocycles. The molecular weight excluding hydrogens is 837 g/mol. The second-order valence-corrected chi connectivity index (χ2v) is 18.4. The monoisotopic (exact) mass is 876 g/mol. The van der Waals surface area contributed by atoms with Crippen molar-refractivity contribution in [3.8, 4) is 39.2 Å². The molecule has 0 saturated heterocycles. The zero-order chi connectivity index (χ0) is 45.2. The van der Waals surface area contributed by atoms with Gasteiger partial charge in [0.25, 0.3) is 0 Å². The van der Waals surface area contributed by atoms with E-state index in [1.807, 2.05) is 6.20 Å². The lowest BCUT2D eigenvalue weighted by Crippen LogP contribution is -2.26. The van der Waals surface area contributed by atoms with E-state index in [0.29, 0.717) is 0 Å². The van der Waals surface area contributed by atoms with Crippen LogP contribution in [0.4, 0.5) is 17.1 Å². The van der Waals surface area contributed by atoms with Gasteiger partial charge in [-0.25, -0.2) is 4.98 Å². The molecule has 11 aromatic carbocycles. The predicted molar refractivity (Wildman–Crippen MR) is 285 cm³/mol. The van der Waals surface area contributed by atoms with Gasteiger partial charge in [-0.2, -0.15) is 0 Å². The fourth-order valence-corrected chi connectivity index (χ4v) is 12.2. The summed E-state index contributed by atoms with van der Waals surface area (Å²) in [7, 11) is 0. The number of hydrogen-bond donors (Lipinski definition) is 0. The van der Waals surface area contributed by atoms with Gasteiger partial charge in [-0.05, 0) is 116 Å². The second kappa shape index (κ2) is 14.4. The SMILES string of the molecule is c1ccc2c(c1)-c1ccccc1C21c2ccccc2-c2ccc(N(c3ccc(-c4cnc5c6ccccc6c6ccccc6c5n4)cc3)c3ccc(-n4c5ccccc5c5ccccc54)cc3)cc21. The van der Waals surface area contributed by atoms with Crippen LogP contribution in [0.2, 0.25) is 0 Å². The summed E-state index contributed by atoms with van der Waals surface area (Å²) in [5.74, 6) is 0. The van der Waals surface area contributed by atoms with Crippen molar-refractivity contribution in [1.29, 1.82) is 0 Å². The number of hydrogen-bond acceptors (Lipinski definition) is 3. The molecule has 0 unspecified atom stereocenters. The number of benzene rings is 11. The van der Waals surface area contributed by atoms with E-state index < -0.39 is 5.41 Å². The Morgan fingerprint density at radius 2 is 0.783 bits per heavy atom. The third kappa shape index (κ3) is 5.28. The molecule has 0 bridgehead atoms. The van der Waals surface area contributed by atoms with E-state index in [1.165, 1.54) is 77.1 Å². The molecule has 0 radical (unpaired) electrons. The van der Waals surface area contributed by atoms with Crippen LogP contribution in [0.5, 0.6) is 0 Å². The zero-order valence-corrected chi connectivity index (χ0v) is 37.4. The molecule has 320 valence electrons. The number of anilines is 3. The fourth-order valence-electron chi connectivity index (χ4n) is 12.2. The molecule has 2 aliphatic rings. The van der Waals surface area contributed by atoms with Crippen LogP contribution < -0.4 is 4.90 Å². The Morgan fingerprint density at radius 1 is 0.348 bits per heavy atom. The lowest BCUT2D eigenvalue weighted by Gasteiger charge is -2.32. The van der Waals surface area contributed by atoms with Crippen molar-refractivity contribution in [3.63, 3.8) is 0 Å². The van der Waals surface area contributed by atoms with E-state index in [4.69, 9.17) is 9.97 Å². The molecule has 0 atom stereocenters. The minimum absolute atomic E-state index is 0.463. The highest BCUT2D eigenvalue weighted by Crippen LogP contribution is 2.63. The van der Waals surface area contributed by atoms with Gasteiger partial charge < -0.3 is 9.47 Å². The summed E-state index contributed by atoms with van der Waals surface area (Å²) in [5, 5.41) is 7.10. The zero-order valence-electron chi connectivity index (χ0n) is 37.4. The van der Waals surface area contributed by atoms with E-state index in [2.05, 4.69) is 246 Å². The number of fused-ring (bicyclic) bond motifs is 19. The Morgan fingerprint density at radius 3 is 1.35 bits per heavy atom. The van der Waals surface area contributed by atoms with Crippen LogP contribution >= 0.6 is 0 Å². The first-order valence-corrected chi connectivity index (χ1v) is 23.7. The third-order valence-electron chi connectivity index (χ3n) is 15.0. The molecule has 69 heavy (non-hydrogen) atoms. The summed E-state index contributed by atoms with van der Waals surface area (Å²) in [6.45, 7) is 0. The molecule has 2 heterocycles. The van der Waals surface area contributed by atoms with Crippen molar-refractivity contribution in [2.45, 2.75) is 5.41 Å². The van der Waals surface area contributed by atoms with E-state index >= 15 is 0 Å². The average molecular weight is 877 g/mol. The molecule has 2 aliphatic carbocycles. The fraction of sp³-hybridized carbons (Fsp3) is 0.0154. The van der Waals surface area contributed by atoms with Gasteiger partial charge in [0, 0.05) is 49.9 Å². The van der Waals surface area contributed by atoms with Gasteiger partial charge in [-0.15, -0.1) is 0 Å². The lowest BCUT2D eigenvalue weighted by molar-refractivity contribution is 0.793. The van der Waals surface area contributed by atoms with Crippen molar-refractivity contribution in [3.05, 3.63) is 265 Å². The Bertz CT molecular complexity index is 4110. The molecule has 4 heteroatoms. The highest BCUT2D eigenvalue weighted by atomic mass is 15.1. The van der Waals surface area contributed by atoms with Crippen LogP contribution in [0.25, 0.3) is 93.6 Å². The van der Waals surface area contributed by atoms with Crippen LogP contribution in [0, 0.1) is 0 Å². The first kappa shape index (κ1) is 38.0. The summed E-state index contributed by atoms with van der Waals surface area (Å²) in [4.78, 5) is 12.9. The minimum Gasteiger partial charge on any atom is -0.310 e. The first-order chi connectivity index (χ1) is 34.2. The highest BCUT2D eigenvalue weighted by molar-refractivity contribution is 6.23. The van der Waals surface area contributed by atoms with Crippen LogP contribution in [0.15, 0.2) is 243 Å². The van der Waals surface area contributed by atoms with Crippen molar-refractivity contribution >= 4 is 71.4 Å². The third-order valence-corrected chi connectivity index (χ3v) is 15.0. The smallest absolute Gasteiger partial charge is 0.0979 e. The number of para-hydroxylation sites is 2. The van der Waals surface area contributed by atoms with Gasteiger partial charge in [-0.3, -0.25) is 4.98 Å². The molecule has 1 spiro atoms. The van der Waals surface area contributed by atoms with Crippen LogP contribution in [0.3, 0.4) is 0 Å². The highest BCUT2D eigenvalue weighted by Gasteiger charge is 2.51. The van der Waals surface area contributed by atoms with Gasteiger partial charge in [-0.1, -0.05) is 176 Å². The summed E-state index contributed by atoms with van der Waals surface area (Å²) < 4.78 is 2.38. The molecule has 0 N–H and O–H groups in total. The molecule has 13 aromatic rings. The molecule has 0 fully saturated rings. The molecule has 0 amide bonds. The van der Waals surface area contributed by atoms with Crippen molar-refractivity contribution in [2.24, 2.45) is 0 Å². The molecule has 15 rings (SSSR count). The number of rotatable bonds is 5. The van der Waals surface area contributed by atoms with Crippen molar-refractivity contribution in [1.82, 2.24) is 14.5 Å². The predicted octanol–water partition coefficient (Wildman–Crippen LogP) is 16.5. The average Bonchev–Trinajstić information content (AvgIpc) is 4.03. The molecule has 4 nitrogen and oxygen atoms in total. The van der Waals surface area contributed by atoms with E-state index in [1.54, 1.807) is 0 Å². The topological polar surface area (TPSA) is 34.0 Å². The quantitative estimate of drug-likeness (QED) is 0.162. The second-order valence-electron chi connectivity index (χ2n) is 18.4. The maximum absolute atomic E-state index is 5.35. The summed E-state index contributed by atoms with van der Waals surface area (Å²) in [5.41, 5.74) is 20.4. The maximum Gasteiger partial charge on any atom is 0.0979 e. The Hall–Kier alpha value is -9.12. The summed E-state index contributed by atoms with van der Waals surface area (Å²) >= 11 is 0. The van der Waals surface area contributed by atoms with Gasteiger partial charge in [0.05, 0.1) is 39.4 Å². The van der Waals surface area contributed by atoms with Gasteiger partial charge in [0.1, 0.15) is 0 Å². The van der Waals surface area contributed by atoms with Gasteiger partial charge in [0.2, 0.25) is 0 Å². The standard InChI is InChI=1S/C65H40N4/c1-3-22-54-46(15-1)47-16-2-4-23-55(47)64-63(54)66-40-60(67-64)41-29-31-42(32-30-41)68(43-33-35-44(36-34-43)69-61-27-13-8-20-52(61)53-21-9-14-28-62(53)69)45-37-38-51-50-19-7-12-26-58(50)65(59(51)39-45)56-24-10-5-17-48(56)49-18-6-11-25-57(49)65/h1-40H. The first-order valence-electron chi connectivity index (χ1n) is 23.7. The lowest BCUT2D eigenvalue weighted by atomic mass is 9.70. The molecule has 0 saturated carbocycles. The van der Waals surface area contributed by atoms with E-state index in [9.17, 15) is 0 Å². The Kier molecular flexibility index (Phi) is 7.96. The summed E-state index contributed by atoms with van der Waals surface area (Å²) in [6.07, 6.45) is 1.93. The molecular formula is C65H40N4. The van der Waals surface area contributed by atoms with Crippen LogP contribution in [-0.4, -0.2) is 14.5 Å². The van der Waals surface area contributed by atoms with Crippen molar-refractivity contribution in [2.75, 3.05) is 4.90 Å². The Balaban J connectivity index is 0.914. The number of aromatic nitrogens is 3. The van der Waals surface area contributed by atoms with Crippen LogP contribution in [-0.2, 0) is 5.41 Å². The maximum atomic E-state index is 5.35. The molecule has 0 aliphatic heterocycles. The summed E-state index contributed by atoms with van der Waals surface area (Å²) in [6, 6.07) is 86.6. The van der Waals surface area contributed by atoms with E-state index in [-0.39, 0.29) is 0 Å². The Labute approximate surface area is 398 Å². The number of nitrogens with zero attached hydrogens (tertiary/aromatic N) is 4. The minimum atomic E-state index is -0.463. The largest absolute Gasteiger partial charge is 0.310 e. The normalized spacial score (nSPS) is 13.0. The van der Waals surface area contributed by atoms with Gasteiger partial charge >= 0.3 is 0 Å².